The van der Waals surface area contributed by atoms with Crippen LogP contribution in [0, 0.1) is 0 Å². The summed E-state index contributed by atoms with van der Waals surface area (Å²) in [6, 6.07) is 49.7. The van der Waals surface area contributed by atoms with Crippen molar-refractivity contribution in [1.82, 2.24) is 4.98 Å². The van der Waals surface area contributed by atoms with Gasteiger partial charge in [-0.15, -0.1) is 11.3 Å². The molecular weight excluding hydrogens is 601 g/mol. The van der Waals surface area contributed by atoms with E-state index >= 15 is 4.57 Å². The number of benzene rings is 6. The largest absolute Gasteiger partial charge is 0.456 e. The zero-order valence-corrected chi connectivity index (χ0v) is 26.3. The third kappa shape index (κ3) is 4.34. The van der Waals surface area contributed by atoms with Gasteiger partial charge in [-0.1, -0.05) is 97.1 Å². The van der Waals surface area contributed by atoms with Crippen molar-refractivity contribution in [1.29, 1.82) is 0 Å². The molecule has 3 aromatic heterocycles. The molecule has 0 saturated carbocycles. The van der Waals surface area contributed by atoms with Crippen LogP contribution in [0.3, 0.4) is 0 Å². The van der Waals surface area contributed by atoms with Crippen molar-refractivity contribution in [3.8, 4) is 22.3 Å². The molecule has 9 aromatic rings. The molecule has 0 aliphatic rings. The topological polar surface area (TPSA) is 43.1 Å². The van der Waals surface area contributed by atoms with Crippen LogP contribution < -0.4 is 15.9 Å². The number of fused-ring (bicyclic) bond motifs is 6. The van der Waals surface area contributed by atoms with Gasteiger partial charge in [-0.05, 0) is 70.8 Å². The van der Waals surface area contributed by atoms with Crippen molar-refractivity contribution in [2.75, 3.05) is 0 Å². The summed E-state index contributed by atoms with van der Waals surface area (Å²) in [5.74, 6) is 0. The number of rotatable bonds is 5. The van der Waals surface area contributed by atoms with Crippen molar-refractivity contribution < 1.29 is 8.98 Å². The third-order valence-corrected chi connectivity index (χ3v) is 13.1. The summed E-state index contributed by atoms with van der Waals surface area (Å²) in [6.07, 6.45) is 3.63. The average Bonchev–Trinajstić information content (AvgIpc) is 3.69. The molecule has 0 spiro atoms. The number of hydrogen-bond donors (Lipinski definition) is 0. The molecule has 0 N–H and O–H groups in total. The molecule has 0 saturated heterocycles. The lowest BCUT2D eigenvalue weighted by molar-refractivity contribution is 0.592. The van der Waals surface area contributed by atoms with Crippen LogP contribution in [0.2, 0.25) is 0 Å². The molecule has 9 rings (SSSR count). The first kappa shape index (κ1) is 27.1. The van der Waals surface area contributed by atoms with Crippen LogP contribution in [0.15, 0.2) is 162 Å². The molecular formula is C41H26NO2PS. The van der Waals surface area contributed by atoms with Crippen molar-refractivity contribution >= 4 is 76.5 Å². The molecule has 0 aliphatic heterocycles. The minimum atomic E-state index is -3.08. The highest BCUT2D eigenvalue weighted by Gasteiger charge is 2.29. The molecule has 0 aliphatic carbocycles. The molecule has 0 fully saturated rings. The maximum absolute atomic E-state index is 15.0. The lowest BCUT2D eigenvalue weighted by Crippen LogP contribution is -2.25. The summed E-state index contributed by atoms with van der Waals surface area (Å²) in [6.45, 7) is 0. The van der Waals surface area contributed by atoms with Gasteiger partial charge in [-0.2, -0.15) is 0 Å². The SMILES string of the molecule is O=P(c1ccccc1)(c1ccccc1)c1cccc(-c2ccc3sc4ccc(-c5ccc6oc7ccncc7c6c5)cc4c3c2)c1. The van der Waals surface area contributed by atoms with Crippen LogP contribution in [-0.2, 0) is 4.57 Å². The standard InChI is InChI=1S/C41H26NO2PS/c43-45(31-9-3-1-4-10-31,32-11-5-2-6-12-32)33-13-7-8-27(22-33)29-15-18-40-35(24-29)36-25-30(16-19-41(36)46-40)28-14-17-38-34(23-28)37-26-42-21-20-39(37)44-38/h1-26H. The molecule has 0 atom stereocenters. The van der Waals surface area contributed by atoms with E-state index in [-0.39, 0.29) is 0 Å². The van der Waals surface area contributed by atoms with Crippen LogP contribution in [0.5, 0.6) is 0 Å². The van der Waals surface area contributed by atoms with Crippen molar-refractivity contribution in [2.24, 2.45) is 0 Å². The van der Waals surface area contributed by atoms with E-state index in [0.717, 1.165) is 60.1 Å². The Morgan fingerprint density at radius 3 is 1.67 bits per heavy atom. The van der Waals surface area contributed by atoms with Gasteiger partial charge in [0.05, 0.1) is 0 Å². The molecule has 0 amide bonds. The van der Waals surface area contributed by atoms with Crippen LogP contribution in [0.4, 0.5) is 0 Å². The molecule has 46 heavy (non-hydrogen) atoms. The van der Waals surface area contributed by atoms with E-state index < -0.39 is 7.14 Å². The quantitative estimate of drug-likeness (QED) is 0.178. The Morgan fingerprint density at radius 1 is 0.478 bits per heavy atom. The first-order valence-electron chi connectivity index (χ1n) is 15.2. The monoisotopic (exact) mass is 627 g/mol. The zero-order valence-electron chi connectivity index (χ0n) is 24.6. The fourth-order valence-corrected chi connectivity index (χ4v) is 10.3. The second-order valence-electron chi connectivity index (χ2n) is 11.5. The molecule has 0 bridgehead atoms. The Balaban J connectivity index is 1.16. The van der Waals surface area contributed by atoms with E-state index in [0.29, 0.717) is 0 Å². The van der Waals surface area contributed by atoms with Gasteiger partial charge >= 0.3 is 0 Å². The zero-order chi connectivity index (χ0) is 30.7. The predicted octanol–water partition coefficient (Wildman–Crippen LogP) is 10.3. The van der Waals surface area contributed by atoms with E-state index in [1.54, 1.807) is 6.20 Å². The van der Waals surface area contributed by atoms with E-state index in [1.165, 1.54) is 20.2 Å². The molecule has 218 valence electrons. The summed E-state index contributed by atoms with van der Waals surface area (Å²) in [7, 11) is -3.08. The molecule has 3 nitrogen and oxygen atoms in total. The molecule has 3 heterocycles. The Bertz CT molecular complexity index is 2580. The highest BCUT2D eigenvalue weighted by Crippen LogP contribution is 2.44. The second kappa shape index (κ2) is 10.7. The molecule has 6 aromatic carbocycles. The fraction of sp³-hybridized carbons (Fsp3) is 0. The van der Waals surface area contributed by atoms with Gasteiger partial charge in [0, 0.05) is 59.3 Å². The number of nitrogens with zero attached hydrogens (tertiary/aromatic N) is 1. The summed E-state index contributed by atoms with van der Waals surface area (Å²) < 4.78 is 23.6. The highest BCUT2D eigenvalue weighted by atomic mass is 32.1. The van der Waals surface area contributed by atoms with Gasteiger partial charge < -0.3 is 8.98 Å². The maximum Gasteiger partial charge on any atom is 0.171 e. The first-order chi connectivity index (χ1) is 22.6. The summed E-state index contributed by atoms with van der Waals surface area (Å²) in [4.78, 5) is 4.31. The van der Waals surface area contributed by atoms with E-state index in [2.05, 4.69) is 71.7 Å². The highest BCUT2D eigenvalue weighted by molar-refractivity contribution is 7.85. The minimum Gasteiger partial charge on any atom is -0.456 e. The smallest absolute Gasteiger partial charge is 0.171 e. The molecule has 0 radical (unpaired) electrons. The first-order valence-corrected chi connectivity index (χ1v) is 17.7. The van der Waals surface area contributed by atoms with Crippen molar-refractivity contribution in [2.45, 2.75) is 0 Å². The Morgan fingerprint density at radius 2 is 1.02 bits per heavy atom. The number of pyridine rings is 1. The van der Waals surface area contributed by atoms with E-state index in [4.69, 9.17) is 4.42 Å². The predicted molar refractivity (Wildman–Crippen MR) is 195 cm³/mol. The van der Waals surface area contributed by atoms with Gasteiger partial charge in [0.1, 0.15) is 11.2 Å². The van der Waals surface area contributed by atoms with Crippen molar-refractivity contribution in [3.05, 3.63) is 158 Å². The summed E-state index contributed by atoms with van der Waals surface area (Å²) in [5, 5.41) is 7.05. The van der Waals surface area contributed by atoms with Gasteiger partial charge in [0.15, 0.2) is 7.14 Å². The van der Waals surface area contributed by atoms with Crippen LogP contribution in [0.25, 0.3) is 64.4 Å². The number of hydrogen-bond acceptors (Lipinski definition) is 4. The average molecular weight is 628 g/mol. The molecule has 5 heteroatoms. The van der Waals surface area contributed by atoms with Gasteiger partial charge in [-0.3, -0.25) is 4.98 Å². The summed E-state index contributed by atoms with van der Waals surface area (Å²) in [5.41, 5.74) is 6.17. The molecule has 0 unspecified atom stereocenters. The van der Waals surface area contributed by atoms with Gasteiger partial charge in [-0.25, -0.2) is 0 Å². The lowest BCUT2D eigenvalue weighted by atomic mass is 9.99. The lowest BCUT2D eigenvalue weighted by Gasteiger charge is -2.20. The number of thiophene rings is 1. The van der Waals surface area contributed by atoms with Crippen LogP contribution >= 0.6 is 18.5 Å². The summed E-state index contributed by atoms with van der Waals surface area (Å²) >= 11 is 1.81. The normalized spacial score (nSPS) is 12.0. The third-order valence-electron chi connectivity index (χ3n) is 8.86. The Hall–Kier alpha value is -5.28. The minimum absolute atomic E-state index is 0.831. The van der Waals surface area contributed by atoms with Gasteiger partial charge in [0.25, 0.3) is 0 Å². The van der Waals surface area contributed by atoms with Crippen LogP contribution in [0.1, 0.15) is 0 Å². The Labute approximate surface area is 269 Å². The second-order valence-corrected chi connectivity index (χ2v) is 15.4. The number of furan rings is 1. The van der Waals surface area contributed by atoms with Crippen LogP contribution in [-0.4, -0.2) is 4.98 Å². The Kier molecular flexibility index (Phi) is 6.28. The fourth-order valence-electron chi connectivity index (χ4n) is 6.54. The number of aromatic nitrogens is 1. The maximum atomic E-state index is 15.0. The van der Waals surface area contributed by atoms with Gasteiger partial charge in [0.2, 0.25) is 0 Å². The van der Waals surface area contributed by atoms with E-state index in [9.17, 15) is 0 Å². The van der Waals surface area contributed by atoms with E-state index in [1.807, 2.05) is 96.4 Å². The van der Waals surface area contributed by atoms with Crippen molar-refractivity contribution in [3.63, 3.8) is 0 Å².